The van der Waals surface area contributed by atoms with Gasteiger partial charge >= 0.3 is 0 Å². The van der Waals surface area contributed by atoms with Crippen LogP contribution in [0.25, 0.3) is 11.0 Å². The predicted molar refractivity (Wildman–Crippen MR) is 87.7 cm³/mol. The molecule has 2 aromatic rings. The molecule has 0 spiro atoms. The van der Waals surface area contributed by atoms with Crippen molar-refractivity contribution in [2.45, 2.75) is 37.5 Å². The average Bonchev–Trinajstić information content (AvgIpc) is 3.09. The van der Waals surface area contributed by atoms with Crippen LogP contribution in [0.4, 0.5) is 0 Å². The molecule has 20 heavy (non-hydrogen) atoms. The molecule has 0 aliphatic carbocycles. The number of nitrogens with one attached hydrogen (secondary N) is 1. The zero-order valence-electron chi connectivity index (χ0n) is 11.7. The number of para-hydroxylation sites is 1. The number of hydrogen-bond donors (Lipinski definition) is 1. The number of fused-ring (bicyclic) bond motifs is 1. The Morgan fingerprint density at radius 3 is 3.10 bits per heavy atom. The SMILES string of the molecule is CCCNC(c1cc2cccc(Cl)c2o1)C1CCCS1. The number of furan rings is 1. The molecule has 1 aromatic carbocycles. The van der Waals surface area contributed by atoms with Crippen LogP contribution in [-0.4, -0.2) is 17.5 Å². The molecule has 1 aromatic heterocycles. The van der Waals surface area contributed by atoms with Gasteiger partial charge in [0.05, 0.1) is 11.1 Å². The molecule has 108 valence electrons. The van der Waals surface area contributed by atoms with Gasteiger partial charge in [-0.2, -0.15) is 11.8 Å². The third-order valence-electron chi connectivity index (χ3n) is 3.77. The quantitative estimate of drug-likeness (QED) is 0.839. The van der Waals surface area contributed by atoms with Crippen LogP contribution in [0.2, 0.25) is 5.02 Å². The first-order valence-corrected chi connectivity index (χ1v) is 8.75. The molecule has 2 heterocycles. The highest BCUT2D eigenvalue weighted by Crippen LogP contribution is 2.38. The van der Waals surface area contributed by atoms with Gasteiger partial charge in [0.15, 0.2) is 5.58 Å². The van der Waals surface area contributed by atoms with Crippen LogP contribution in [0.3, 0.4) is 0 Å². The van der Waals surface area contributed by atoms with E-state index in [9.17, 15) is 0 Å². The number of halogens is 1. The minimum atomic E-state index is 0.297. The van der Waals surface area contributed by atoms with Gasteiger partial charge in [-0.05, 0) is 43.7 Å². The van der Waals surface area contributed by atoms with E-state index in [1.165, 1.54) is 18.6 Å². The maximum absolute atomic E-state index is 6.22. The van der Waals surface area contributed by atoms with Crippen molar-refractivity contribution < 1.29 is 4.42 Å². The van der Waals surface area contributed by atoms with Gasteiger partial charge in [-0.15, -0.1) is 0 Å². The average molecular weight is 310 g/mol. The summed E-state index contributed by atoms with van der Waals surface area (Å²) in [6, 6.07) is 8.37. The molecule has 2 atom stereocenters. The first-order chi connectivity index (χ1) is 9.79. The zero-order valence-corrected chi connectivity index (χ0v) is 13.3. The maximum atomic E-state index is 6.22. The second-order valence-corrected chi connectivity index (χ2v) is 7.04. The topological polar surface area (TPSA) is 25.2 Å². The summed E-state index contributed by atoms with van der Waals surface area (Å²) in [5.74, 6) is 2.29. The van der Waals surface area contributed by atoms with Crippen LogP contribution in [0, 0.1) is 0 Å². The van der Waals surface area contributed by atoms with E-state index in [-0.39, 0.29) is 0 Å². The van der Waals surface area contributed by atoms with Gasteiger partial charge < -0.3 is 9.73 Å². The van der Waals surface area contributed by atoms with E-state index in [0.29, 0.717) is 16.3 Å². The Morgan fingerprint density at radius 2 is 2.40 bits per heavy atom. The van der Waals surface area contributed by atoms with Crippen LogP contribution < -0.4 is 5.32 Å². The van der Waals surface area contributed by atoms with Crippen LogP contribution in [-0.2, 0) is 0 Å². The standard InChI is InChI=1S/C16H20ClNOS/c1-2-8-18-15(14-7-4-9-20-14)13-10-11-5-3-6-12(17)16(11)19-13/h3,5-6,10,14-15,18H,2,4,7-9H2,1H3. The molecule has 1 aliphatic heterocycles. The van der Waals surface area contributed by atoms with E-state index in [0.717, 1.165) is 29.7 Å². The molecule has 2 unspecified atom stereocenters. The van der Waals surface area contributed by atoms with Crippen LogP contribution in [0.1, 0.15) is 38.0 Å². The van der Waals surface area contributed by atoms with Gasteiger partial charge in [-0.1, -0.05) is 30.7 Å². The van der Waals surface area contributed by atoms with Gasteiger partial charge in [-0.3, -0.25) is 0 Å². The third-order valence-corrected chi connectivity index (χ3v) is 5.53. The Bertz CT molecular complexity index is 577. The predicted octanol–water partition coefficient (Wildman–Crippen LogP) is 5.02. The Kier molecular flexibility index (Phi) is 4.59. The summed E-state index contributed by atoms with van der Waals surface area (Å²) < 4.78 is 6.06. The van der Waals surface area contributed by atoms with E-state index < -0.39 is 0 Å². The summed E-state index contributed by atoms with van der Waals surface area (Å²) in [4.78, 5) is 0. The lowest BCUT2D eigenvalue weighted by Crippen LogP contribution is -2.29. The van der Waals surface area contributed by atoms with E-state index in [4.69, 9.17) is 16.0 Å². The smallest absolute Gasteiger partial charge is 0.152 e. The van der Waals surface area contributed by atoms with Crippen molar-refractivity contribution in [3.63, 3.8) is 0 Å². The van der Waals surface area contributed by atoms with Crippen molar-refractivity contribution >= 4 is 34.3 Å². The molecule has 1 saturated heterocycles. The molecule has 3 rings (SSSR count). The number of hydrogen-bond acceptors (Lipinski definition) is 3. The molecule has 1 fully saturated rings. The van der Waals surface area contributed by atoms with Crippen molar-refractivity contribution in [3.8, 4) is 0 Å². The van der Waals surface area contributed by atoms with Crippen molar-refractivity contribution in [2.75, 3.05) is 12.3 Å². The summed E-state index contributed by atoms with van der Waals surface area (Å²) in [6.45, 7) is 3.22. The molecule has 0 amide bonds. The van der Waals surface area contributed by atoms with E-state index in [1.807, 2.05) is 12.1 Å². The van der Waals surface area contributed by atoms with Crippen LogP contribution >= 0.6 is 23.4 Å². The number of benzene rings is 1. The van der Waals surface area contributed by atoms with Gasteiger partial charge in [0.25, 0.3) is 0 Å². The fourth-order valence-corrected chi connectivity index (χ4v) is 4.39. The summed E-state index contributed by atoms with van der Waals surface area (Å²) >= 11 is 8.27. The third kappa shape index (κ3) is 2.85. The molecular formula is C16H20ClNOS. The van der Waals surface area contributed by atoms with Crippen molar-refractivity contribution in [2.24, 2.45) is 0 Å². The number of thioether (sulfide) groups is 1. The zero-order chi connectivity index (χ0) is 13.9. The second-order valence-electron chi connectivity index (χ2n) is 5.29. The molecule has 4 heteroatoms. The summed E-state index contributed by atoms with van der Waals surface area (Å²) in [6.07, 6.45) is 3.70. The first-order valence-electron chi connectivity index (χ1n) is 7.32. The molecule has 0 saturated carbocycles. The van der Waals surface area contributed by atoms with Gasteiger partial charge in [0.2, 0.25) is 0 Å². The number of rotatable bonds is 5. The minimum absolute atomic E-state index is 0.297. The normalized spacial score (nSPS) is 20.6. The largest absolute Gasteiger partial charge is 0.458 e. The molecule has 1 N–H and O–H groups in total. The Balaban J connectivity index is 1.93. The fourth-order valence-electron chi connectivity index (χ4n) is 2.78. The highest BCUT2D eigenvalue weighted by Gasteiger charge is 2.29. The Morgan fingerprint density at radius 1 is 1.50 bits per heavy atom. The second kappa shape index (κ2) is 6.42. The lowest BCUT2D eigenvalue weighted by molar-refractivity contribution is 0.415. The summed E-state index contributed by atoms with van der Waals surface area (Å²) in [5, 5.41) is 6.05. The lowest BCUT2D eigenvalue weighted by atomic mass is 10.1. The van der Waals surface area contributed by atoms with E-state index in [1.54, 1.807) is 0 Å². The monoisotopic (exact) mass is 309 g/mol. The van der Waals surface area contributed by atoms with Gasteiger partial charge in [0, 0.05) is 10.6 Å². The highest BCUT2D eigenvalue weighted by molar-refractivity contribution is 8.00. The maximum Gasteiger partial charge on any atom is 0.152 e. The Labute approximate surface area is 129 Å². The van der Waals surface area contributed by atoms with Crippen LogP contribution in [0.5, 0.6) is 0 Å². The van der Waals surface area contributed by atoms with Crippen LogP contribution in [0.15, 0.2) is 28.7 Å². The fraction of sp³-hybridized carbons (Fsp3) is 0.500. The highest BCUT2D eigenvalue weighted by atomic mass is 35.5. The Hall–Kier alpha value is -0.640. The van der Waals surface area contributed by atoms with E-state index >= 15 is 0 Å². The summed E-state index contributed by atoms with van der Waals surface area (Å²) in [5.41, 5.74) is 0.815. The van der Waals surface area contributed by atoms with Gasteiger partial charge in [0.1, 0.15) is 5.76 Å². The molecule has 0 radical (unpaired) electrons. The summed E-state index contributed by atoms with van der Waals surface area (Å²) in [7, 11) is 0. The lowest BCUT2D eigenvalue weighted by Gasteiger charge is -2.22. The molecule has 0 bridgehead atoms. The van der Waals surface area contributed by atoms with Crippen molar-refractivity contribution in [1.29, 1.82) is 0 Å². The molecule has 2 nitrogen and oxygen atoms in total. The van der Waals surface area contributed by atoms with E-state index in [2.05, 4.69) is 36.1 Å². The minimum Gasteiger partial charge on any atom is -0.458 e. The molecule has 1 aliphatic rings. The van der Waals surface area contributed by atoms with Crippen molar-refractivity contribution in [1.82, 2.24) is 5.32 Å². The first kappa shape index (κ1) is 14.3. The molecular weight excluding hydrogens is 290 g/mol. The van der Waals surface area contributed by atoms with Crippen molar-refractivity contribution in [3.05, 3.63) is 35.0 Å². The van der Waals surface area contributed by atoms with Gasteiger partial charge in [-0.25, -0.2) is 0 Å².